The molecule has 0 aliphatic heterocycles. The molecule has 2 aromatic rings. The summed E-state index contributed by atoms with van der Waals surface area (Å²) in [5, 5.41) is 4.57. The Hall–Kier alpha value is -1.03. The van der Waals surface area contributed by atoms with Gasteiger partial charge >= 0.3 is 0 Å². The van der Waals surface area contributed by atoms with Crippen LogP contribution in [-0.4, -0.2) is 16.7 Å². The number of fused-ring (bicyclic) bond motifs is 1. The third kappa shape index (κ3) is 1.44. The minimum Gasteiger partial charge on any atom is -0.481 e. The number of halogens is 1. The zero-order valence-corrected chi connectivity index (χ0v) is 9.99. The third-order valence-corrected chi connectivity index (χ3v) is 3.43. The zero-order chi connectivity index (χ0) is 10.4. The molecule has 2 heterocycles. The van der Waals surface area contributed by atoms with Crippen LogP contribution < -0.4 is 4.74 Å². The predicted molar refractivity (Wildman–Crippen MR) is 61.4 cm³/mol. The van der Waals surface area contributed by atoms with Crippen LogP contribution in [0.3, 0.4) is 0 Å². The number of aromatic nitrogens is 2. The van der Waals surface area contributed by atoms with E-state index in [1.54, 1.807) is 7.11 Å². The predicted octanol–water partition coefficient (Wildman–Crippen LogP) is 2.98. The second kappa shape index (κ2) is 3.23. The standard InChI is InChI=1S/C11H11BrN2O/c1-15-11-5-4-8(12)10-6-9(7-2-3-7)13-14(10)11/h4-7H,2-3H2,1H3. The van der Waals surface area contributed by atoms with Crippen LogP contribution in [0.1, 0.15) is 24.5 Å². The van der Waals surface area contributed by atoms with Crippen molar-refractivity contribution < 1.29 is 4.74 Å². The molecule has 0 spiro atoms. The van der Waals surface area contributed by atoms with Crippen LogP contribution in [0.25, 0.3) is 5.52 Å². The van der Waals surface area contributed by atoms with E-state index in [1.807, 2.05) is 16.6 Å². The van der Waals surface area contributed by atoms with Crippen LogP contribution in [0, 0.1) is 0 Å². The van der Waals surface area contributed by atoms with Gasteiger partial charge in [-0.05, 0) is 40.9 Å². The molecule has 0 saturated heterocycles. The van der Waals surface area contributed by atoms with Gasteiger partial charge in [0.15, 0.2) is 0 Å². The van der Waals surface area contributed by atoms with Gasteiger partial charge in [0.25, 0.3) is 0 Å². The summed E-state index contributed by atoms with van der Waals surface area (Å²) in [4.78, 5) is 0. The maximum atomic E-state index is 5.28. The summed E-state index contributed by atoms with van der Waals surface area (Å²) in [5.41, 5.74) is 2.26. The highest BCUT2D eigenvalue weighted by Crippen LogP contribution is 2.40. The van der Waals surface area contributed by atoms with Gasteiger partial charge in [-0.3, -0.25) is 0 Å². The van der Waals surface area contributed by atoms with Crippen LogP contribution in [0.15, 0.2) is 22.7 Å². The van der Waals surface area contributed by atoms with Crippen molar-refractivity contribution >= 4 is 21.4 Å². The fraction of sp³-hybridized carbons (Fsp3) is 0.364. The number of hydrogen-bond donors (Lipinski definition) is 0. The molecule has 2 aromatic heterocycles. The van der Waals surface area contributed by atoms with Crippen molar-refractivity contribution in [3.63, 3.8) is 0 Å². The monoisotopic (exact) mass is 266 g/mol. The molecular weight excluding hydrogens is 256 g/mol. The minimum atomic E-state index is 0.668. The molecule has 15 heavy (non-hydrogen) atoms. The Morgan fingerprint density at radius 3 is 2.93 bits per heavy atom. The van der Waals surface area contributed by atoms with Crippen LogP contribution in [0.4, 0.5) is 0 Å². The molecule has 1 aliphatic rings. The first-order valence-electron chi connectivity index (χ1n) is 5.02. The number of nitrogens with zero attached hydrogens (tertiary/aromatic N) is 2. The van der Waals surface area contributed by atoms with E-state index in [0.717, 1.165) is 15.9 Å². The Morgan fingerprint density at radius 1 is 1.47 bits per heavy atom. The van der Waals surface area contributed by atoms with Crippen molar-refractivity contribution in [1.82, 2.24) is 9.61 Å². The van der Waals surface area contributed by atoms with Gasteiger partial charge < -0.3 is 4.74 Å². The van der Waals surface area contributed by atoms with Crippen molar-refractivity contribution in [3.05, 3.63) is 28.4 Å². The first-order valence-corrected chi connectivity index (χ1v) is 5.81. The highest BCUT2D eigenvalue weighted by Gasteiger charge is 2.27. The number of hydrogen-bond acceptors (Lipinski definition) is 2. The molecule has 0 unspecified atom stereocenters. The molecule has 0 N–H and O–H groups in total. The van der Waals surface area contributed by atoms with Gasteiger partial charge in [-0.25, -0.2) is 0 Å². The molecule has 0 aromatic carbocycles. The fourth-order valence-corrected chi connectivity index (χ4v) is 2.19. The van der Waals surface area contributed by atoms with E-state index < -0.39 is 0 Å². The summed E-state index contributed by atoms with van der Waals surface area (Å²) in [6.45, 7) is 0. The second-order valence-corrected chi connectivity index (χ2v) is 4.72. The Balaban J connectivity index is 2.25. The van der Waals surface area contributed by atoms with Crippen molar-refractivity contribution in [1.29, 1.82) is 0 Å². The molecule has 0 amide bonds. The van der Waals surface area contributed by atoms with E-state index in [4.69, 9.17) is 4.74 Å². The fourth-order valence-electron chi connectivity index (χ4n) is 1.77. The molecular formula is C11H11BrN2O. The van der Waals surface area contributed by atoms with Gasteiger partial charge in [-0.15, -0.1) is 0 Å². The van der Waals surface area contributed by atoms with Gasteiger partial charge in [-0.2, -0.15) is 9.61 Å². The lowest BCUT2D eigenvalue weighted by atomic mass is 10.3. The Kier molecular flexibility index (Phi) is 1.99. The smallest absolute Gasteiger partial charge is 0.214 e. The van der Waals surface area contributed by atoms with E-state index in [9.17, 15) is 0 Å². The quantitative estimate of drug-likeness (QED) is 0.836. The van der Waals surface area contributed by atoms with Crippen LogP contribution in [0.2, 0.25) is 0 Å². The molecule has 3 rings (SSSR count). The second-order valence-electron chi connectivity index (χ2n) is 3.86. The molecule has 3 nitrogen and oxygen atoms in total. The molecule has 78 valence electrons. The Labute approximate surface area is 96.2 Å². The summed E-state index contributed by atoms with van der Waals surface area (Å²) in [7, 11) is 1.67. The van der Waals surface area contributed by atoms with E-state index in [1.165, 1.54) is 18.5 Å². The molecule has 1 saturated carbocycles. The lowest BCUT2D eigenvalue weighted by molar-refractivity contribution is 0.385. The Bertz CT molecular complexity index is 517. The van der Waals surface area contributed by atoms with Crippen molar-refractivity contribution in [2.75, 3.05) is 7.11 Å². The largest absolute Gasteiger partial charge is 0.481 e. The average Bonchev–Trinajstić information content (AvgIpc) is 2.99. The summed E-state index contributed by atoms with van der Waals surface area (Å²) >= 11 is 3.53. The SMILES string of the molecule is COc1ccc(Br)c2cc(C3CC3)nn12. The number of rotatable bonds is 2. The summed E-state index contributed by atoms with van der Waals surface area (Å²) in [6.07, 6.45) is 2.54. The summed E-state index contributed by atoms with van der Waals surface area (Å²) in [6, 6.07) is 6.05. The number of pyridine rings is 1. The van der Waals surface area contributed by atoms with E-state index in [2.05, 4.69) is 27.1 Å². The van der Waals surface area contributed by atoms with E-state index in [0.29, 0.717) is 5.92 Å². The van der Waals surface area contributed by atoms with Crippen LogP contribution in [-0.2, 0) is 0 Å². The van der Waals surface area contributed by atoms with E-state index >= 15 is 0 Å². The Morgan fingerprint density at radius 2 is 2.27 bits per heavy atom. The first-order chi connectivity index (χ1) is 7.29. The molecule has 0 bridgehead atoms. The third-order valence-electron chi connectivity index (χ3n) is 2.76. The van der Waals surface area contributed by atoms with Gasteiger partial charge in [0.1, 0.15) is 0 Å². The maximum absolute atomic E-state index is 5.28. The van der Waals surface area contributed by atoms with Gasteiger partial charge in [0.05, 0.1) is 18.3 Å². The van der Waals surface area contributed by atoms with E-state index in [-0.39, 0.29) is 0 Å². The average molecular weight is 267 g/mol. The molecule has 0 radical (unpaired) electrons. The molecule has 1 fully saturated rings. The van der Waals surface area contributed by atoms with Crippen molar-refractivity contribution in [2.45, 2.75) is 18.8 Å². The normalized spacial score (nSPS) is 15.9. The van der Waals surface area contributed by atoms with Crippen LogP contribution in [0.5, 0.6) is 5.88 Å². The molecule has 4 heteroatoms. The van der Waals surface area contributed by atoms with Crippen LogP contribution >= 0.6 is 15.9 Å². The first kappa shape index (κ1) is 9.21. The summed E-state index contributed by atoms with van der Waals surface area (Å²) in [5.74, 6) is 1.45. The van der Waals surface area contributed by atoms with Gasteiger partial charge in [-0.1, -0.05) is 0 Å². The number of ether oxygens (including phenoxy) is 1. The summed E-state index contributed by atoms with van der Waals surface area (Å²) < 4.78 is 8.19. The molecule has 1 aliphatic carbocycles. The van der Waals surface area contributed by atoms with Crippen molar-refractivity contribution in [2.24, 2.45) is 0 Å². The molecule has 0 atom stereocenters. The highest BCUT2D eigenvalue weighted by atomic mass is 79.9. The lowest BCUT2D eigenvalue weighted by Crippen LogP contribution is -1.96. The topological polar surface area (TPSA) is 26.5 Å². The number of methoxy groups -OCH3 is 1. The van der Waals surface area contributed by atoms with Gasteiger partial charge in [0.2, 0.25) is 5.88 Å². The maximum Gasteiger partial charge on any atom is 0.214 e. The zero-order valence-electron chi connectivity index (χ0n) is 8.40. The highest BCUT2D eigenvalue weighted by molar-refractivity contribution is 9.10. The lowest BCUT2D eigenvalue weighted by Gasteiger charge is -2.03. The van der Waals surface area contributed by atoms with Gasteiger partial charge in [0, 0.05) is 16.5 Å². The van der Waals surface area contributed by atoms with Crippen molar-refractivity contribution in [3.8, 4) is 5.88 Å². The minimum absolute atomic E-state index is 0.668.